The van der Waals surface area contributed by atoms with Crippen molar-refractivity contribution in [2.75, 3.05) is 0 Å². The van der Waals surface area contributed by atoms with Gasteiger partial charge < -0.3 is 10.1 Å². The van der Waals surface area contributed by atoms with Crippen molar-refractivity contribution in [2.45, 2.75) is 6.54 Å². The van der Waals surface area contributed by atoms with Crippen molar-refractivity contribution < 1.29 is 4.92 Å². The Morgan fingerprint density at radius 2 is 2.31 bits per heavy atom. The molecule has 0 spiro atoms. The molecule has 0 aliphatic heterocycles. The molecule has 16 heavy (non-hydrogen) atoms. The SMILES string of the molecule is O=[N+]([O-])c1ncn(Cc2cccc(Cl)c2)n1. The van der Waals surface area contributed by atoms with Crippen LogP contribution < -0.4 is 0 Å². The van der Waals surface area contributed by atoms with Crippen LogP contribution in [0.25, 0.3) is 0 Å². The Labute approximate surface area is 95.6 Å². The lowest BCUT2D eigenvalue weighted by Gasteiger charge is -1.98. The van der Waals surface area contributed by atoms with Crippen molar-refractivity contribution >= 4 is 17.5 Å². The van der Waals surface area contributed by atoms with Gasteiger partial charge in [-0.3, -0.25) is 0 Å². The Hall–Kier alpha value is -1.95. The molecular weight excluding hydrogens is 232 g/mol. The summed E-state index contributed by atoms with van der Waals surface area (Å²) in [4.78, 5) is 13.3. The highest BCUT2D eigenvalue weighted by Gasteiger charge is 2.12. The van der Waals surface area contributed by atoms with E-state index in [-0.39, 0.29) is 0 Å². The summed E-state index contributed by atoms with van der Waals surface area (Å²) in [6, 6.07) is 7.20. The van der Waals surface area contributed by atoms with Gasteiger partial charge in [0, 0.05) is 10.1 Å². The van der Waals surface area contributed by atoms with Crippen molar-refractivity contribution in [2.24, 2.45) is 0 Å². The van der Waals surface area contributed by atoms with Crippen molar-refractivity contribution in [3.05, 3.63) is 51.3 Å². The number of hydrogen-bond acceptors (Lipinski definition) is 4. The maximum Gasteiger partial charge on any atom is 0.490 e. The smallest absolute Gasteiger partial charge is 0.390 e. The van der Waals surface area contributed by atoms with Crippen LogP contribution in [-0.2, 0) is 6.54 Å². The Morgan fingerprint density at radius 1 is 1.50 bits per heavy atom. The average molecular weight is 239 g/mol. The molecule has 7 heteroatoms. The van der Waals surface area contributed by atoms with Crippen LogP contribution in [0.5, 0.6) is 0 Å². The lowest BCUT2D eigenvalue weighted by atomic mass is 10.2. The van der Waals surface area contributed by atoms with Gasteiger partial charge in [-0.05, 0) is 22.6 Å². The number of halogens is 1. The largest absolute Gasteiger partial charge is 0.490 e. The predicted octanol–water partition coefficient (Wildman–Crippen LogP) is 1.89. The van der Waals surface area contributed by atoms with Crippen LogP contribution in [-0.4, -0.2) is 19.7 Å². The molecule has 0 saturated carbocycles. The van der Waals surface area contributed by atoms with Crippen LogP contribution in [0, 0.1) is 10.1 Å². The summed E-state index contributed by atoms with van der Waals surface area (Å²) < 4.78 is 1.39. The van der Waals surface area contributed by atoms with Crippen LogP contribution in [0.2, 0.25) is 5.02 Å². The van der Waals surface area contributed by atoms with E-state index < -0.39 is 10.9 Å². The first-order chi connectivity index (χ1) is 7.65. The molecule has 2 rings (SSSR count). The standard InChI is InChI=1S/C9H7ClN4O2/c10-8-3-1-2-7(4-8)5-13-6-11-9(12-13)14(15)16/h1-4,6H,5H2. The van der Waals surface area contributed by atoms with Gasteiger partial charge in [-0.1, -0.05) is 28.7 Å². The monoisotopic (exact) mass is 238 g/mol. The average Bonchev–Trinajstić information content (AvgIpc) is 2.66. The van der Waals surface area contributed by atoms with E-state index in [2.05, 4.69) is 10.1 Å². The molecule has 0 atom stereocenters. The molecule has 0 aliphatic carbocycles. The maximum atomic E-state index is 10.4. The molecule has 0 amide bonds. The van der Waals surface area contributed by atoms with Crippen LogP contribution >= 0.6 is 11.6 Å². The zero-order chi connectivity index (χ0) is 11.5. The fraction of sp³-hybridized carbons (Fsp3) is 0.111. The van der Waals surface area contributed by atoms with E-state index in [1.165, 1.54) is 11.0 Å². The molecule has 0 bridgehead atoms. The fourth-order valence-corrected chi connectivity index (χ4v) is 1.48. The van der Waals surface area contributed by atoms with E-state index in [1.807, 2.05) is 12.1 Å². The van der Waals surface area contributed by atoms with E-state index in [0.717, 1.165) is 5.56 Å². The van der Waals surface area contributed by atoms with Crippen LogP contribution in [0.4, 0.5) is 5.95 Å². The molecule has 82 valence electrons. The first-order valence-corrected chi connectivity index (χ1v) is 4.81. The van der Waals surface area contributed by atoms with E-state index >= 15 is 0 Å². The molecule has 1 aromatic carbocycles. The molecular formula is C9H7ClN4O2. The minimum atomic E-state index is -0.630. The van der Waals surface area contributed by atoms with Gasteiger partial charge in [-0.15, -0.1) is 0 Å². The maximum absolute atomic E-state index is 10.4. The summed E-state index contributed by atoms with van der Waals surface area (Å²) in [5.74, 6) is -0.401. The fourth-order valence-electron chi connectivity index (χ4n) is 1.27. The van der Waals surface area contributed by atoms with Crippen molar-refractivity contribution in [3.8, 4) is 0 Å². The first kappa shape index (κ1) is 10.6. The third-order valence-corrected chi connectivity index (χ3v) is 2.16. The number of benzene rings is 1. The van der Waals surface area contributed by atoms with Crippen LogP contribution in [0.1, 0.15) is 5.56 Å². The zero-order valence-electron chi connectivity index (χ0n) is 8.08. The molecule has 6 nitrogen and oxygen atoms in total. The molecule has 1 heterocycles. The Bertz CT molecular complexity index is 526. The quantitative estimate of drug-likeness (QED) is 0.605. The summed E-state index contributed by atoms with van der Waals surface area (Å²) in [5.41, 5.74) is 0.910. The highest BCUT2D eigenvalue weighted by atomic mass is 35.5. The number of nitrogens with zero attached hydrogens (tertiary/aromatic N) is 4. The van der Waals surface area contributed by atoms with E-state index in [1.54, 1.807) is 12.1 Å². The van der Waals surface area contributed by atoms with Gasteiger partial charge in [-0.25, -0.2) is 0 Å². The topological polar surface area (TPSA) is 73.8 Å². The number of hydrogen-bond donors (Lipinski definition) is 0. The van der Waals surface area contributed by atoms with Gasteiger partial charge in [0.2, 0.25) is 6.33 Å². The molecule has 0 aliphatic rings. The van der Waals surface area contributed by atoms with E-state index in [9.17, 15) is 10.1 Å². The van der Waals surface area contributed by atoms with Gasteiger partial charge in [0.1, 0.15) is 0 Å². The lowest BCUT2D eigenvalue weighted by Crippen LogP contribution is -2.01. The molecule has 0 N–H and O–H groups in total. The first-order valence-electron chi connectivity index (χ1n) is 4.43. The predicted molar refractivity (Wildman–Crippen MR) is 57.2 cm³/mol. The van der Waals surface area contributed by atoms with Crippen molar-refractivity contribution in [3.63, 3.8) is 0 Å². The van der Waals surface area contributed by atoms with Crippen molar-refractivity contribution in [1.82, 2.24) is 14.8 Å². The molecule has 0 radical (unpaired) electrons. The number of rotatable bonds is 3. The third-order valence-electron chi connectivity index (χ3n) is 1.92. The second kappa shape index (κ2) is 4.28. The minimum absolute atomic E-state index is 0.401. The number of nitro groups is 1. The Morgan fingerprint density at radius 3 is 2.94 bits per heavy atom. The van der Waals surface area contributed by atoms with Crippen LogP contribution in [0.3, 0.4) is 0 Å². The highest BCUT2D eigenvalue weighted by Crippen LogP contribution is 2.12. The molecule has 0 saturated heterocycles. The van der Waals surface area contributed by atoms with Gasteiger partial charge >= 0.3 is 5.95 Å². The third kappa shape index (κ3) is 2.34. The van der Waals surface area contributed by atoms with Gasteiger partial charge in [0.05, 0.1) is 6.54 Å². The number of aromatic nitrogens is 3. The van der Waals surface area contributed by atoms with Crippen LogP contribution in [0.15, 0.2) is 30.6 Å². The van der Waals surface area contributed by atoms with E-state index in [4.69, 9.17) is 11.6 Å². The van der Waals surface area contributed by atoms with Gasteiger partial charge in [0.25, 0.3) is 0 Å². The zero-order valence-corrected chi connectivity index (χ0v) is 8.83. The van der Waals surface area contributed by atoms with E-state index in [0.29, 0.717) is 11.6 Å². The summed E-state index contributed by atoms with van der Waals surface area (Å²) in [7, 11) is 0. The lowest BCUT2D eigenvalue weighted by molar-refractivity contribution is -0.394. The van der Waals surface area contributed by atoms with Gasteiger partial charge in [-0.2, -0.15) is 4.68 Å². The summed E-state index contributed by atoms with van der Waals surface area (Å²) in [6.45, 7) is 0.404. The van der Waals surface area contributed by atoms with Gasteiger partial charge in [0.15, 0.2) is 0 Å². The summed E-state index contributed by atoms with van der Waals surface area (Å²) in [5, 5.41) is 14.7. The summed E-state index contributed by atoms with van der Waals surface area (Å²) in [6.07, 6.45) is 1.32. The highest BCUT2D eigenvalue weighted by molar-refractivity contribution is 6.30. The Kier molecular flexibility index (Phi) is 2.82. The molecule has 1 aromatic heterocycles. The second-order valence-electron chi connectivity index (χ2n) is 3.13. The second-order valence-corrected chi connectivity index (χ2v) is 3.57. The Balaban J connectivity index is 2.17. The van der Waals surface area contributed by atoms with Crippen molar-refractivity contribution in [1.29, 1.82) is 0 Å². The normalized spacial score (nSPS) is 10.3. The molecule has 0 unspecified atom stereocenters. The molecule has 0 fully saturated rings. The summed E-state index contributed by atoms with van der Waals surface area (Å²) >= 11 is 5.81. The minimum Gasteiger partial charge on any atom is -0.390 e. The molecule has 2 aromatic rings.